The summed E-state index contributed by atoms with van der Waals surface area (Å²) in [6.45, 7) is 23.8. The van der Waals surface area contributed by atoms with E-state index in [0.717, 1.165) is 0 Å². The topological polar surface area (TPSA) is 119 Å². The van der Waals surface area contributed by atoms with E-state index in [1.807, 2.05) is 0 Å². The van der Waals surface area contributed by atoms with Crippen molar-refractivity contribution in [2.75, 3.05) is 0 Å². The minimum absolute atomic E-state index is 0. The molecule has 0 fully saturated rings. The van der Waals surface area contributed by atoms with E-state index in [9.17, 15) is 0 Å². The molecule has 0 saturated carbocycles. The van der Waals surface area contributed by atoms with E-state index in [-0.39, 0.29) is 16.5 Å². The molecule has 11 heavy (non-hydrogen) atoms. The van der Waals surface area contributed by atoms with Crippen LogP contribution >= 0.6 is 0 Å². The van der Waals surface area contributed by atoms with E-state index >= 15 is 0 Å². The zero-order valence-electron chi connectivity index (χ0n) is 5.05. The van der Waals surface area contributed by atoms with Gasteiger partial charge in [-0.25, -0.2) is 0 Å². The average Bonchev–Trinajstić information content (AvgIpc) is 2.20. The third-order valence-electron chi connectivity index (χ3n) is 0. The number of hydrogen-bond donors (Lipinski definition) is 0. The van der Waals surface area contributed by atoms with E-state index in [2.05, 4.69) is 0 Å². The molecular weight excluding hydrogens is 189 g/mol. The van der Waals surface area contributed by atoms with Crippen molar-refractivity contribution in [1.29, 1.82) is 26.3 Å². The third-order valence-corrected chi connectivity index (χ3v) is 0. The van der Waals surface area contributed by atoms with Gasteiger partial charge in [-0.2, -0.15) is 0 Å². The first-order valence-corrected chi connectivity index (χ1v) is 1.12. The Morgan fingerprint density at radius 2 is 0.364 bits per heavy atom. The summed E-state index contributed by atoms with van der Waals surface area (Å²) in [7, 11) is 0. The van der Waals surface area contributed by atoms with Crippen molar-refractivity contribution < 1.29 is 16.5 Å². The zero-order valence-corrected chi connectivity index (χ0v) is 6.04. The van der Waals surface area contributed by atoms with E-state index < -0.39 is 0 Å². The molecule has 0 N–H and O–H groups in total. The van der Waals surface area contributed by atoms with Crippen LogP contribution in [0.1, 0.15) is 0 Å². The van der Waals surface area contributed by atoms with E-state index in [0.29, 0.717) is 0 Å². The van der Waals surface area contributed by atoms with Gasteiger partial charge < -0.3 is 59.2 Å². The molecule has 0 spiro atoms. The van der Waals surface area contributed by atoms with Crippen molar-refractivity contribution in [2.45, 2.75) is 0 Å². The van der Waals surface area contributed by atoms with Crippen molar-refractivity contribution in [3.63, 3.8) is 0 Å². The van der Waals surface area contributed by atoms with Crippen LogP contribution in [0, 0.1) is 59.2 Å². The molecule has 0 aromatic carbocycles. The first-order chi connectivity index (χ1) is 5.00. The van der Waals surface area contributed by atoms with Gasteiger partial charge in [-0.1, -0.05) is 0 Å². The predicted molar refractivity (Wildman–Crippen MR) is 24.8 cm³/mol. The molecular formula is C5N5Ni-3. The van der Waals surface area contributed by atoms with Crippen LogP contribution in [0.5, 0.6) is 0 Å². The third kappa shape index (κ3) is 66.4. The van der Waals surface area contributed by atoms with E-state index in [4.69, 9.17) is 59.2 Å². The van der Waals surface area contributed by atoms with Gasteiger partial charge in [-0.15, -0.1) is 0 Å². The van der Waals surface area contributed by atoms with Crippen molar-refractivity contribution >= 4 is 0 Å². The molecule has 0 aliphatic heterocycles. The van der Waals surface area contributed by atoms with Crippen molar-refractivity contribution in [1.82, 2.24) is 0 Å². The van der Waals surface area contributed by atoms with Crippen LogP contribution in [0.4, 0.5) is 0 Å². The van der Waals surface area contributed by atoms with Gasteiger partial charge in [0, 0.05) is 0 Å². The largest absolute Gasteiger partial charge is 2.00 e. The van der Waals surface area contributed by atoms with Crippen molar-refractivity contribution in [3.05, 3.63) is 32.9 Å². The SMILES string of the molecule is [C-]#N.[C-]#N.[C-]#N.[C-]#N.[C-]#N.[Ni+2]. The second-order valence-corrected chi connectivity index (χ2v) is 0. The second kappa shape index (κ2) is 90.6. The molecule has 0 radical (unpaired) electrons. The quantitative estimate of drug-likeness (QED) is 0.405. The van der Waals surface area contributed by atoms with E-state index in [1.165, 1.54) is 0 Å². The van der Waals surface area contributed by atoms with Gasteiger partial charge in [0.15, 0.2) is 0 Å². The molecule has 0 aromatic rings. The smallest absolute Gasteiger partial charge is 0.512 e. The number of hydrogen-bond acceptors (Lipinski definition) is 5. The molecule has 0 bridgehead atoms. The molecule has 0 amide bonds. The number of nitrogens with zero attached hydrogens (tertiary/aromatic N) is 5. The maximum Gasteiger partial charge on any atom is 2.00 e. The van der Waals surface area contributed by atoms with Crippen LogP contribution in [0.25, 0.3) is 0 Å². The Labute approximate surface area is 76.2 Å². The molecule has 0 atom stereocenters. The van der Waals surface area contributed by atoms with Crippen molar-refractivity contribution in [3.8, 4) is 0 Å². The van der Waals surface area contributed by atoms with Crippen LogP contribution in [-0.4, -0.2) is 0 Å². The fourth-order valence-electron chi connectivity index (χ4n) is 0. The first-order valence-electron chi connectivity index (χ1n) is 1.12. The normalized spacial score (nSPS) is 0.909. The molecule has 0 rings (SSSR count). The summed E-state index contributed by atoms with van der Waals surface area (Å²) in [6.07, 6.45) is 0. The maximum absolute atomic E-state index is 6.25. The van der Waals surface area contributed by atoms with Gasteiger partial charge in [0.25, 0.3) is 0 Å². The molecule has 0 aromatic heterocycles. The molecule has 5 nitrogen and oxygen atoms in total. The Kier molecular flexibility index (Phi) is 536. The predicted octanol–water partition coefficient (Wildman–Crippen LogP) is 0.479. The summed E-state index contributed by atoms with van der Waals surface area (Å²) in [5.74, 6) is 0. The zero-order chi connectivity index (χ0) is 10.0. The van der Waals surface area contributed by atoms with Crippen LogP contribution < -0.4 is 0 Å². The average molecular weight is 189 g/mol. The molecule has 0 aliphatic carbocycles. The molecule has 6 heteroatoms. The summed E-state index contributed by atoms with van der Waals surface area (Å²) < 4.78 is 0. The Morgan fingerprint density at radius 3 is 0.364 bits per heavy atom. The first kappa shape index (κ1) is 65.1. The van der Waals surface area contributed by atoms with E-state index in [1.54, 1.807) is 0 Å². The number of rotatable bonds is 0. The summed E-state index contributed by atoms with van der Waals surface area (Å²) in [5.41, 5.74) is 0. The Bertz CT molecular complexity index is 73.4. The molecule has 0 saturated heterocycles. The molecule has 58 valence electrons. The molecule has 0 heterocycles. The maximum atomic E-state index is 6.25. The summed E-state index contributed by atoms with van der Waals surface area (Å²) in [6, 6.07) is 0. The molecule has 0 unspecified atom stereocenters. The standard InChI is InChI=1S/5CN.Ni/c5*1-2;/q5*-1;+2. The summed E-state index contributed by atoms with van der Waals surface area (Å²) >= 11 is 0. The minimum atomic E-state index is 0. The van der Waals surface area contributed by atoms with Gasteiger partial charge in [-0.3, -0.25) is 0 Å². The Balaban J connectivity index is -0.00000000694. The van der Waals surface area contributed by atoms with Gasteiger partial charge in [0.1, 0.15) is 0 Å². The monoisotopic (exact) mass is 188 g/mol. The summed E-state index contributed by atoms with van der Waals surface area (Å²) in [5, 5.41) is 31.2. The van der Waals surface area contributed by atoms with Gasteiger partial charge >= 0.3 is 16.5 Å². The van der Waals surface area contributed by atoms with Gasteiger partial charge in [-0.05, 0) is 0 Å². The second-order valence-electron chi connectivity index (χ2n) is 0. The Hall–Kier alpha value is -2.06. The van der Waals surface area contributed by atoms with Crippen molar-refractivity contribution in [2.24, 2.45) is 0 Å². The van der Waals surface area contributed by atoms with Crippen LogP contribution in [0.3, 0.4) is 0 Å². The molecule has 0 aliphatic rings. The minimum Gasteiger partial charge on any atom is -0.512 e. The Morgan fingerprint density at radius 1 is 0.364 bits per heavy atom. The fourth-order valence-corrected chi connectivity index (χ4v) is 0. The van der Waals surface area contributed by atoms with Gasteiger partial charge in [0.05, 0.1) is 0 Å². The summed E-state index contributed by atoms with van der Waals surface area (Å²) in [4.78, 5) is 0. The van der Waals surface area contributed by atoms with Crippen LogP contribution in [0.15, 0.2) is 0 Å². The van der Waals surface area contributed by atoms with Gasteiger partial charge in [0.2, 0.25) is 0 Å². The van der Waals surface area contributed by atoms with Crippen LogP contribution in [-0.2, 0) is 16.5 Å². The van der Waals surface area contributed by atoms with Crippen LogP contribution in [0.2, 0.25) is 0 Å². The fraction of sp³-hybridized carbons (Fsp3) is 0.